The van der Waals surface area contributed by atoms with E-state index in [4.69, 9.17) is 24.4 Å². The van der Waals surface area contributed by atoms with Gasteiger partial charge in [0.2, 0.25) is 0 Å². The Labute approximate surface area is 223 Å². The van der Waals surface area contributed by atoms with E-state index < -0.39 is 36.1 Å². The first-order chi connectivity index (χ1) is 18.0. The number of unbranched alkanes of at least 4 members (excludes halogenated alkanes) is 2. The molecule has 1 heterocycles. The van der Waals surface area contributed by atoms with Gasteiger partial charge in [-0.25, -0.2) is 9.59 Å². The van der Waals surface area contributed by atoms with Crippen LogP contribution in [0.1, 0.15) is 102 Å². The van der Waals surface area contributed by atoms with Gasteiger partial charge in [0.05, 0.1) is 12.8 Å². The minimum Gasteiger partial charge on any atom is -0.485 e. The molecule has 0 bridgehead atoms. The van der Waals surface area contributed by atoms with Crippen molar-refractivity contribution in [3.05, 3.63) is 35.4 Å². The fourth-order valence-corrected chi connectivity index (χ4v) is 5.25. The van der Waals surface area contributed by atoms with Crippen LogP contribution >= 0.6 is 0 Å². The number of carboxylic acid groups (broad SMARTS) is 2. The Morgan fingerprint density at radius 3 is 2.47 bits per heavy atom. The first-order valence-electron chi connectivity index (χ1n) is 13.4. The maximum atomic E-state index is 12.6. The lowest BCUT2D eigenvalue weighted by molar-refractivity contribution is -0.148. The highest BCUT2D eigenvalue weighted by atomic mass is 16.6. The lowest BCUT2D eigenvalue weighted by atomic mass is 9.78. The number of carboxylic acids is 2. The Morgan fingerprint density at radius 1 is 1.05 bits per heavy atom. The molecule has 208 valence electrons. The summed E-state index contributed by atoms with van der Waals surface area (Å²) in [6, 6.07) is 3.85. The van der Waals surface area contributed by atoms with Crippen LogP contribution in [0, 0.1) is 0 Å². The predicted octanol–water partition coefficient (Wildman–Crippen LogP) is 5.29. The molecule has 1 aromatic rings. The van der Waals surface area contributed by atoms with Crippen molar-refractivity contribution in [2.45, 2.75) is 109 Å². The molecule has 0 spiro atoms. The summed E-state index contributed by atoms with van der Waals surface area (Å²) < 4.78 is 17.8. The van der Waals surface area contributed by atoms with E-state index >= 15 is 0 Å². The van der Waals surface area contributed by atoms with Crippen molar-refractivity contribution >= 4 is 23.9 Å². The zero-order chi connectivity index (χ0) is 27.9. The van der Waals surface area contributed by atoms with Crippen LogP contribution in [0.4, 0.5) is 0 Å². The van der Waals surface area contributed by atoms with E-state index in [9.17, 15) is 19.2 Å². The summed E-state index contributed by atoms with van der Waals surface area (Å²) in [7, 11) is 0. The van der Waals surface area contributed by atoms with Crippen LogP contribution in [0.5, 0.6) is 11.5 Å². The van der Waals surface area contributed by atoms with Crippen LogP contribution in [-0.4, -0.2) is 46.3 Å². The van der Waals surface area contributed by atoms with Crippen molar-refractivity contribution in [2.75, 3.05) is 0 Å². The maximum Gasteiger partial charge on any atom is 0.331 e. The molecule has 0 aromatic heterocycles. The largest absolute Gasteiger partial charge is 0.485 e. The minimum atomic E-state index is -1.24. The predicted molar refractivity (Wildman–Crippen MR) is 138 cm³/mol. The summed E-state index contributed by atoms with van der Waals surface area (Å²) >= 11 is 0. The second kappa shape index (κ2) is 12.9. The van der Waals surface area contributed by atoms with E-state index in [1.165, 1.54) is 0 Å². The first-order valence-corrected chi connectivity index (χ1v) is 13.4. The summed E-state index contributed by atoms with van der Waals surface area (Å²) in [5.74, 6) is -2.97. The number of carbonyl (C=O) groups is 4. The Balaban J connectivity index is 1.95. The van der Waals surface area contributed by atoms with Crippen LogP contribution < -0.4 is 9.47 Å². The minimum absolute atomic E-state index is 0.201. The molecule has 1 aliphatic carbocycles. The highest BCUT2D eigenvalue weighted by molar-refractivity contribution is 5.90. The molecule has 9 nitrogen and oxygen atoms in total. The Hall–Kier alpha value is -3.36. The lowest BCUT2D eigenvalue weighted by Gasteiger charge is -2.27. The van der Waals surface area contributed by atoms with Crippen molar-refractivity contribution < 1.29 is 43.6 Å². The number of hydrogen-bond acceptors (Lipinski definition) is 7. The molecule has 3 rings (SSSR count). The van der Waals surface area contributed by atoms with Crippen molar-refractivity contribution in [1.29, 1.82) is 0 Å². The topological polar surface area (TPSA) is 136 Å². The molecule has 2 aliphatic rings. The summed E-state index contributed by atoms with van der Waals surface area (Å²) in [5, 5.41) is 17.8. The van der Waals surface area contributed by atoms with E-state index in [0.717, 1.165) is 68.2 Å². The van der Waals surface area contributed by atoms with E-state index in [1.54, 1.807) is 0 Å². The Kier molecular flexibility index (Phi) is 9.94. The first kappa shape index (κ1) is 29.2. The third-order valence-electron chi connectivity index (χ3n) is 7.34. The van der Waals surface area contributed by atoms with Gasteiger partial charge in [-0.2, -0.15) is 0 Å². The lowest BCUT2D eigenvalue weighted by Crippen LogP contribution is -2.35. The van der Waals surface area contributed by atoms with Crippen molar-refractivity contribution in [1.82, 2.24) is 0 Å². The summed E-state index contributed by atoms with van der Waals surface area (Å²) in [6.07, 6.45) is 7.05. The van der Waals surface area contributed by atoms with Gasteiger partial charge in [-0.1, -0.05) is 46.5 Å². The van der Waals surface area contributed by atoms with Gasteiger partial charge in [-0.05, 0) is 48.8 Å². The molecule has 0 radical (unpaired) electrons. The van der Waals surface area contributed by atoms with Gasteiger partial charge in [-0.3, -0.25) is 9.59 Å². The molecule has 1 aromatic carbocycles. The number of rotatable bonds is 12. The highest BCUT2D eigenvalue weighted by Gasteiger charge is 2.45. The molecule has 1 aliphatic heterocycles. The Bertz CT molecular complexity index is 1070. The van der Waals surface area contributed by atoms with E-state index in [1.807, 2.05) is 12.1 Å². The average Bonchev–Trinajstić information content (AvgIpc) is 3.11. The van der Waals surface area contributed by atoms with Crippen LogP contribution in [-0.2, 0) is 29.3 Å². The SMILES string of the molecule is CCCCCC(C)(C)c1cc(OC(=O)CCC(=O)O)c2c(c1)OC1C(OC(=O)/C=C/C(=O)O)CCCCC21. The van der Waals surface area contributed by atoms with Crippen LogP contribution in [0.15, 0.2) is 24.3 Å². The van der Waals surface area contributed by atoms with Gasteiger partial charge < -0.3 is 24.4 Å². The molecule has 38 heavy (non-hydrogen) atoms. The van der Waals surface area contributed by atoms with Crippen molar-refractivity contribution in [3.8, 4) is 11.5 Å². The standard InChI is InChI=1S/C29H38O9/c1-4-5-8-15-29(2,3)18-16-21(37-26(35)14-12-24(32)33)27-19-9-6-7-10-20(28(19)38-22(27)17-18)36-25(34)13-11-23(30)31/h11,13,16-17,19-20,28H,4-10,12,14-15H2,1-3H3,(H,30,31)(H,32,33)/b13-11+. The molecular weight excluding hydrogens is 492 g/mol. The molecule has 1 saturated carbocycles. The van der Waals surface area contributed by atoms with Gasteiger partial charge >= 0.3 is 23.9 Å². The molecule has 0 saturated heterocycles. The molecular formula is C29H38O9. The number of aliphatic carboxylic acids is 2. The normalized spacial score (nSPS) is 20.7. The number of hydrogen-bond donors (Lipinski definition) is 2. The highest BCUT2D eigenvalue weighted by Crippen LogP contribution is 2.51. The molecule has 0 amide bonds. The van der Waals surface area contributed by atoms with Gasteiger partial charge in [0.1, 0.15) is 23.7 Å². The average molecular weight is 531 g/mol. The molecule has 9 heteroatoms. The van der Waals surface area contributed by atoms with E-state index in [-0.39, 0.29) is 24.2 Å². The maximum absolute atomic E-state index is 12.6. The zero-order valence-electron chi connectivity index (χ0n) is 22.4. The van der Waals surface area contributed by atoms with E-state index in [2.05, 4.69) is 20.8 Å². The third kappa shape index (κ3) is 7.58. The van der Waals surface area contributed by atoms with Gasteiger partial charge in [0.15, 0.2) is 0 Å². The summed E-state index contributed by atoms with van der Waals surface area (Å²) in [5.41, 5.74) is 1.45. The Morgan fingerprint density at radius 2 is 1.79 bits per heavy atom. The second-order valence-corrected chi connectivity index (χ2v) is 10.7. The van der Waals surface area contributed by atoms with Gasteiger partial charge in [0.25, 0.3) is 0 Å². The zero-order valence-corrected chi connectivity index (χ0v) is 22.4. The van der Waals surface area contributed by atoms with Crippen LogP contribution in [0.2, 0.25) is 0 Å². The molecule has 1 fully saturated rings. The number of carbonyl (C=O) groups excluding carboxylic acids is 2. The van der Waals surface area contributed by atoms with Gasteiger partial charge in [0, 0.05) is 23.6 Å². The number of benzene rings is 1. The monoisotopic (exact) mass is 530 g/mol. The van der Waals surface area contributed by atoms with Crippen molar-refractivity contribution in [2.24, 2.45) is 0 Å². The van der Waals surface area contributed by atoms with Crippen LogP contribution in [0.3, 0.4) is 0 Å². The summed E-state index contributed by atoms with van der Waals surface area (Å²) in [6.45, 7) is 6.41. The third-order valence-corrected chi connectivity index (χ3v) is 7.34. The number of ether oxygens (including phenoxy) is 3. The van der Waals surface area contributed by atoms with Crippen LogP contribution in [0.25, 0.3) is 0 Å². The fourth-order valence-electron chi connectivity index (χ4n) is 5.25. The van der Waals surface area contributed by atoms with E-state index in [0.29, 0.717) is 17.9 Å². The summed E-state index contributed by atoms with van der Waals surface area (Å²) in [4.78, 5) is 46.7. The molecule has 3 atom stereocenters. The number of esters is 2. The fraction of sp³-hybridized carbons (Fsp3) is 0.586. The quantitative estimate of drug-likeness (QED) is 0.160. The van der Waals surface area contributed by atoms with Gasteiger partial charge in [-0.15, -0.1) is 0 Å². The second-order valence-electron chi connectivity index (χ2n) is 10.7. The number of fused-ring (bicyclic) bond motifs is 3. The smallest absolute Gasteiger partial charge is 0.331 e. The van der Waals surface area contributed by atoms with Crippen molar-refractivity contribution in [3.63, 3.8) is 0 Å². The molecule has 2 N–H and O–H groups in total. The molecule has 3 unspecified atom stereocenters.